The highest BCUT2D eigenvalue weighted by atomic mass is 16.5. The van der Waals surface area contributed by atoms with Gasteiger partial charge >= 0.3 is 5.97 Å². The Morgan fingerprint density at radius 1 is 1.00 bits per heavy atom. The number of esters is 1. The standard InChI is InChI=1S/C22H34O5/c1-14(24)27-16-6-8-19(2)15(12-16)4-5-18-17(19)7-9-20(3)21(25,13-23)10-11-22(18,20)26/h13,15-18,25-26H,4-12H2,1-3H3/t15-,16+,17+,18-,19+,20-,21+,22+/m1/s1. The van der Waals surface area contributed by atoms with Crippen molar-refractivity contribution in [1.82, 2.24) is 0 Å². The Bertz CT molecular complexity index is 649. The van der Waals surface area contributed by atoms with E-state index in [1.54, 1.807) is 0 Å². The Morgan fingerprint density at radius 2 is 1.74 bits per heavy atom. The van der Waals surface area contributed by atoms with Gasteiger partial charge < -0.3 is 19.7 Å². The van der Waals surface area contributed by atoms with Gasteiger partial charge in [0.25, 0.3) is 0 Å². The number of hydrogen-bond acceptors (Lipinski definition) is 5. The zero-order valence-electron chi connectivity index (χ0n) is 16.9. The number of hydrogen-bond donors (Lipinski definition) is 2. The lowest BCUT2D eigenvalue weighted by Crippen LogP contribution is -2.65. The highest BCUT2D eigenvalue weighted by Gasteiger charge is 2.71. The summed E-state index contributed by atoms with van der Waals surface area (Å²) in [7, 11) is 0. The van der Waals surface area contributed by atoms with E-state index in [1.807, 2.05) is 6.92 Å². The molecule has 5 heteroatoms. The van der Waals surface area contributed by atoms with Crippen LogP contribution >= 0.6 is 0 Å². The van der Waals surface area contributed by atoms with E-state index in [0.717, 1.165) is 38.5 Å². The fraction of sp³-hybridized carbons (Fsp3) is 0.909. The van der Waals surface area contributed by atoms with Gasteiger partial charge in [0.05, 0.1) is 5.60 Å². The third-order valence-electron chi connectivity index (χ3n) is 9.54. The van der Waals surface area contributed by atoms with Crippen molar-refractivity contribution >= 4 is 12.3 Å². The van der Waals surface area contributed by atoms with E-state index in [4.69, 9.17) is 4.74 Å². The average Bonchev–Trinajstić information content (AvgIpc) is 2.83. The number of carbonyl (C=O) groups is 2. The molecule has 0 bridgehead atoms. The molecule has 2 N–H and O–H groups in total. The van der Waals surface area contributed by atoms with Crippen LogP contribution in [0.5, 0.6) is 0 Å². The molecule has 0 unspecified atom stereocenters. The minimum absolute atomic E-state index is 0.0284. The Hall–Kier alpha value is -0.940. The Kier molecular flexibility index (Phi) is 4.33. The molecule has 4 saturated carbocycles. The summed E-state index contributed by atoms with van der Waals surface area (Å²) in [5.74, 6) is 0.855. The van der Waals surface area contributed by atoms with Crippen LogP contribution in [0, 0.1) is 28.6 Å². The van der Waals surface area contributed by atoms with Crippen LogP contribution in [0.15, 0.2) is 0 Å². The summed E-state index contributed by atoms with van der Waals surface area (Å²) < 4.78 is 5.51. The lowest BCUT2D eigenvalue weighted by Gasteiger charge is -2.64. The maximum absolute atomic E-state index is 11.8. The normalized spacial score (nSPS) is 54.4. The third kappa shape index (κ3) is 2.43. The molecule has 4 aliphatic rings. The topological polar surface area (TPSA) is 83.8 Å². The predicted molar refractivity (Wildman–Crippen MR) is 99.8 cm³/mol. The second-order valence-corrected chi connectivity index (χ2v) is 10.3. The summed E-state index contributed by atoms with van der Waals surface area (Å²) in [6, 6.07) is 0. The molecule has 152 valence electrons. The van der Waals surface area contributed by atoms with Gasteiger partial charge in [-0.3, -0.25) is 4.79 Å². The van der Waals surface area contributed by atoms with Crippen molar-refractivity contribution in [3.63, 3.8) is 0 Å². The molecule has 0 saturated heterocycles. The van der Waals surface area contributed by atoms with Crippen molar-refractivity contribution in [3.05, 3.63) is 0 Å². The number of aldehydes is 1. The summed E-state index contributed by atoms with van der Waals surface area (Å²) in [5.41, 5.74) is -2.98. The molecule has 5 nitrogen and oxygen atoms in total. The van der Waals surface area contributed by atoms with Crippen LogP contribution in [0.3, 0.4) is 0 Å². The molecule has 0 aromatic rings. The van der Waals surface area contributed by atoms with Gasteiger partial charge in [-0.05, 0) is 81.0 Å². The summed E-state index contributed by atoms with van der Waals surface area (Å²) in [5, 5.41) is 22.8. The minimum atomic E-state index is -1.41. The van der Waals surface area contributed by atoms with E-state index in [2.05, 4.69) is 6.92 Å². The maximum atomic E-state index is 11.8. The lowest BCUT2D eigenvalue weighted by atomic mass is 9.43. The highest BCUT2D eigenvalue weighted by Crippen LogP contribution is 2.69. The molecule has 8 atom stereocenters. The molecular formula is C22H34O5. The van der Waals surface area contributed by atoms with Crippen molar-refractivity contribution in [3.8, 4) is 0 Å². The molecule has 0 aromatic carbocycles. The number of fused-ring (bicyclic) bond motifs is 5. The van der Waals surface area contributed by atoms with Gasteiger partial charge in [-0.2, -0.15) is 0 Å². The summed E-state index contributed by atoms with van der Waals surface area (Å²) in [6.45, 7) is 5.78. The van der Waals surface area contributed by atoms with E-state index in [1.165, 1.54) is 6.92 Å². The van der Waals surface area contributed by atoms with Crippen LogP contribution in [0.25, 0.3) is 0 Å². The minimum Gasteiger partial charge on any atom is -0.463 e. The number of carbonyl (C=O) groups excluding carboxylic acids is 2. The SMILES string of the molecule is CC(=O)O[C@H]1CC[C@@]2(C)[C@H](CC[C@@H]3[C@@H]2CC[C@]2(C)[C@@](O)(C=O)CC[C@]32O)C1. The molecular weight excluding hydrogens is 344 g/mol. The molecule has 4 aliphatic carbocycles. The Labute approximate surface area is 161 Å². The van der Waals surface area contributed by atoms with Gasteiger partial charge in [0.1, 0.15) is 11.7 Å². The second kappa shape index (κ2) is 6.03. The number of rotatable bonds is 2. The van der Waals surface area contributed by atoms with Crippen LogP contribution in [0.1, 0.15) is 78.6 Å². The van der Waals surface area contributed by atoms with E-state index in [-0.39, 0.29) is 23.4 Å². The van der Waals surface area contributed by atoms with Crippen molar-refractivity contribution in [2.24, 2.45) is 28.6 Å². The van der Waals surface area contributed by atoms with Gasteiger partial charge in [-0.1, -0.05) is 13.8 Å². The molecule has 0 aliphatic heterocycles. The first-order chi connectivity index (χ1) is 12.6. The second-order valence-electron chi connectivity index (χ2n) is 10.3. The van der Waals surface area contributed by atoms with Crippen LogP contribution in [0.4, 0.5) is 0 Å². The smallest absolute Gasteiger partial charge is 0.302 e. The third-order valence-corrected chi connectivity index (χ3v) is 9.54. The van der Waals surface area contributed by atoms with Crippen LogP contribution in [-0.4, -0.2) is 39.8 Å². The van der Waals surface area contributed by atoms with Crippen molar-refractivity contribution in [2.45, 2.75) is 95.9 Å². The van der Waals surface area contributed by atoms with Gasteiger partial charge in [-0.15, -0.1) is 0 Å². The fourth-order valence-electron chi connectivity index (χ4n) is 7.77. The van der Waals surface area contributed by atoms with Crippen LogP contribution < -0.4 is 0 Å². The predicted octanol–water partition coefficient (Wildman–Crippen LogP) is 3.01. The van der Waals surface area contributed by atoms with E-state index >= 15 is 0 Å². The molecule has 27 heavy (non-hydrogen) atoms. The molecule has 4 fully saturated rings. The number of aliphatic hydroxyl groups is 2. The fourth-order valence-corrected chi connectivity index (χ4v) is 7.77. The number of ether oxygens (including phenoxy) is 1. The van der Waals surface area contributed by atoms with Gasteiger partial charge in [0, 0.05) is 12.3 Å². The van der Waals surface area contributed by atoms with Gasteiger partial charge in [0.15, 0.2) is 6.29 Å². The molecule has 0 radical (unpaired) electrons. The first-order valence-electron chi connectivity index (χ1n) is 10.7. The zero-order valence-corrected chi connectivity index (χ0v) is 16.9. The van der Waals surface area contributed by atoms with Crippen molar-refractivity contribution in [2.75, 3.05) is 0 Å². The summed E-state index contributed by atoms with van der Waals surface area (Å²) >= 11 is 0. The quantitative estimate of drug-likeness (QED) is 0.570. The Balaban J connectivity index is 1.61. The van der Waals surface area contributed by atoms with E-state index in [9.17, 15) is 19.8 Å². The first-order valence-corrected chi connectivity index (χ1v) is 10.7. The van der Waals surface area contributed by atoms with Crippen LogP contribution in [0.2, 0.25) is 0 Å². The zero-order chi connectivity index (χ0) is 19.7. The summed E-state index contributed by atoms with van der Waals surface area (Å²) in [4.78, 5) is 23.1. The Morgan fingerprint density at radius 3 is 2.41 bits per heavy atom. The average molecular weight is 379 g/mol. The van der Waals surface area contributed by atoms with Crippen molar-refractivity contribution in [1.29, 1.82) is 0 Å². The molecule has 0 amide bonds. The lowest BCUT2D eigenvalue weighted by molar-refractivity contribution is -0.231. The van der Waals surface area contributed by atoms with Crippen molar-refractivity contribution < 1.29 is 24.5 Å². The molecule has 4 rings (SSSR count). The summed E-state index contributed by atoms with van der Waals surface area (Å²) in [6.07, 6.45) is 8.01. The monoisotopic (exact) mass is 378 g/mol. The van der Waals surface area contributed by atoms with Crippen LogP contribution in [-0.2, 0) is 14.3 Å². The molecule has 0 spiro atoms. The largest absolute Gasteiger partial charge is 0.463 e. The molecule has 0 aromatic heterocycles. The van der Waals surface area contributed by atoms with Gasteiger partial charge in [-0.25, -0.2) is 0 Å². The maximum Gasteiger partial charge on any atom is 0.302 e. The highest BCUT2D eigenvalue weighted by molar-refractivity contribution is 5.66. The van der Waals surface area contributed by atoms with Gasteiger partial charge in [0.2, 0.25) is 0 Å². The van der Waals surface area contributed by atoms with E-state index in [0.29, 0.717) is 37.4 Å². The first kappa shape index (κ1) is 19.4. The molecule has 0 heterocycles. The van der Waals surface area contributed by atoms with E-state index < -0.39 is 16.6 Å².